The van der Waals surface area contributed by atoms with E-state index in [1.54, 1.807) is 7.11 Å². The van der Waals surface area contributed by atoms with Crippen molar-refractivity contribution in [3.05, 3.63) is 59.2 Å². The number of fused-ring (bicyclic) bond motifs is 1. The molecule has 0 saturated heterocycles. The summed E-state index contributed by atoms with van der Waals surface area (Å²) in [5.41, 5.74) is 3.14. The molecule has 2 aromatic carbocycles. The number of methoxy groups -OCH3 is 1. The average molecular weight is 282 g/mol. The Morgan fingerprint density at radius 2 is 1.95 bits per heavy atom. The zero-order valence-corrected chi connectivity index (χ0v) is 12.1. The van der Waals surface area contributed by atoms with E-state index < -0.39 is 0 Å². The Balaban J connectivity index is 1.60. The lowest BCUT2D eigenvalue weighted by molar-refractivity contribution is 0.0994. The summed E-state index contributed by atoms with van der Waals surface area (Å²) in [6.45, 7) is 0.583. The Kier molecular flexibility index (Phi) is 3.91. The van der Waals surface area contributed by atoms with Crippen molar-refractivity contribution < 1.29 is 14.3 Å². The van der Waals surface area contributed by atoms with Crippen molar-refractivity contribution in [3.63, 3.8) is 0 Å². The quantitative estimate of drug-likeness (QED) is 0.842. The van der Waals surface area contributed by atoms with Crippen LogP contribution in [0.4, 0.5) is 0 Å². The predicted octanol–water partition coefficient (Wildman–Crippen LogP) is 3.45. The molecule has 0 aliphatic heterocycles. The maximum absolute atomic E-state index is 11.7. The molecule has 0 spiro atoms. The lowest BCUT2D eigenvalue weighted by Gasteiger charge is -2.08. The first kappa shape index (κ1) is 13.7. The molecule has 0 atom stereocenters. The average Bonchev–Trinajstić information content (AvgIpc) is 2.89. The molecule has 3 rings (SSSR count). The second-order valence-electron chi connectivity index (χ2n) is 5.19. The lowest BCUT2D eigenvalue weighted by Crippen LogP contribution is -2.02. The van der Waals surface area contributed by atoms with Crippen molar-refractivity contribution in [2.45, 2.75) is 19.3 Å². The minimum absolute atomic E-state index is 0.225. The van der Waals surface area contributed by atoms with Gasteiger partial charge in [0.25, 0.3) is 0 Å². The van der Waals surface area contributed by atoms with Crippen LogP contribution in [0.2, 0.25) is 0 Å². The molecule has 3 nitrogen and oxygen atoms in total. The SMILES string of the molecule is COc1cccc(CCOc2ccc3c(c2)C(=O)CC3)c1. The second-order valence-corrected chi connectivity index (χ2v) is 5.19. The number of hydrogen-bond acceptors (Lipinski definition) is 3. The fraction of sp³-hybridized carbons (Fsp3) is 0.278. The van der Waals surface area contributed by atoms with E-state index in [9.17, 15) is 4.79 Å². The van der Waals surface area contributed by atoms with Gasteiger partial charge in [-0.05, 0) is 41.8 Å². The number of carbonyl (C=O) groups excluding carboxylic acids is 1. The molecule has 0 heterocycles. The summed E-state index contributed by atoms with van der Waals surface area (Å²) in [5.74, 6) is 1.85. The monoisotopic (exact) mass is 282 g/mol. The van der Waals surface area contributed by atoms with Crippen molar-refractivity contribution in [3.8, 4) is 11.5 Å². The van der Waals surface area contributed by atoms with Gasteiger partial charge in [0.05, 0.1) is 13.7 Å². The number of hydrogen-bond donors (Lipinski definition) is 0. The van der Waals surface area contributed by atoms with Crippen LogP contribution in [0.15, 0.2) is 42.5 Å². The van der Waals surface area contributed by atoms with Gasteiger partial charge in [-0.15, -0.1) is 0 Å². The molecule has 21 heavy (non-hydrogen) atoms. The Hall–Kier alpha value is -2.29. The molecule has 0 saturated carbocycles. The molecule has 2 aromatic rings. The third-order valence-corrected chi connectivity index (χ3v) is 3.80. The van der Waals surface area contributed by atoms with Crippen LogP contribution in [-0.4, -0.2) is 19.5 Å². The topological polar surface area (TPSA) is 35.5 Å². The van der Waals surface area contributed by atoms with E-state index in [4.69, 9.17) is 9.47 Å². The predicted molar refractivity (Wildman–Crippen MR) is 81.3 cm³/mol. The highest BCUT2D eigenvalue weighted by Crippen LogP contribution is 2.26. The number of carbonyl (C=O) groups is 1. The van der Waals surface area contributed by atoms with Crippen LogP contribution in [0.1, 0.15) is 27.9 Å². The largest absolute Gasteiger partial charge is 0.497 e. The first-order valence-corrected chi connectivity index (χ1v) is 7.18. The lowest BCUT2D eigenvalue weighted by atomic mass is 10.1. The molecule has 0 bridgehead atoms. The van der Waals surface area contributed by atoms with Gasteiger partial charge >= 0.3 is 0 Å². The van der Waals surface area contributed by atoms with Crippen molar-refractivity contribution in [1.29, 1.82) is 0 Å². The minimum atomic E-state index is 0.225. The van der Waals surface area contributed by atoms with Gasteiger partial charge in [-0.1, -0.05) is 18.2 Å². The highest BCUT2D eigenvalue weighted by atomic mass is 16.5. The third-order valence-electron chi connectivity index (χ3n) is 3.80. The molecular weight excluding hydrogens is 264 g/mol. The fourth-order valence-electron chi connectivity index (χ4n) is 2.62. The number of ether oxygens (including phenoxy) is 2. The van der Waals surface area contributed by atoms with E-state index in [0.717, 1.165) is 35.5 Å². The number of aryl methyl sites for hydroxylation is 1. The van der Waals surface area contributed by atoms with Crippen LogP contribution >= 0.6 is 0 Å². The third kappa shape index (κ3) is 3.07. The van der Waals surface area contributed by atoms with Gasteiger partial charge in [-0.2, -0.15) is 0 Å². The molecule has 0 aromatic heterocycles. The molecular formula is C18H18O3. The molecule has 0 radical (unpaired) electrons. The van der Waals surface area contributed by atoms with Gasteiger partial charge < -0.3 is 9.47 Å². The smallest absolute Gasteiger partial charge is 0.163 e. The van der Waals surface area contributed by atoms with E-state index in [2.05, 4.69) is 6.07 Å². The Bertz CT molecular complexity index is 661. The van der Waals surface area contributed by atoms with Crippen molar-refractivity contribution in [1.82, 2.24) is 0 Å². The fourth-order valence-corrected chi connectivity index (χ4v) is 2.62. The minimum Gasteiger partial charge on any atom is -0.497 e. The van der Waals surface area contributed by atoms with Gasteiger partial charge in [0, 0.05) is 18.4 Å². The van der Waals surface area contributed by atoms with Crippen molar-refractivity contribution in [2.24, 2.45) is 0 Å². The van der Waals surface area contributed by atoms with Crippen LogP contribution < -0.4 is 9.47 Å². The number of benzene rings is 2. The van der Waals surface area contributed by atoms with Gasteiger partial charge in [0.2, 0.25) is 0 Å². The van der Waals surface area contributed by atoms with E-state index in [0.29, 0.717) is 13.0 Å². The summed E-state index contributed by atoms with van der Waals surface area (Å²) >= 11 is 0. The standard InChI is InChI=1S/C18H18O3/c1-20-15-4-2-3-13(11-15)9-10-21-16-7-5-14-6-8-18(19)17(14)12-16/h2-5,7,11-12H,6,8-10H2,1H3. The molecule has 0 amide bonds. The Morgan fingerprint density at radius 1 is 1.05 bits per heavy atom. The van der Waals surface area contributed by atoms with Gasteiger partial charge in [-0.3, -0.25) is 4.79 Å². The van der Waals surface area contributed by atoms with E-state index in [1.165, 1.54) is 5.56 Å². The normalized spacial score (nSPS) is 13.1. The van der Waals surface area contributed by atoms with Crippen molar-refractivity contribution in [2.75, 3.05) is 13.7 Å². The van der Waals surface area contributed by atoms with Crippen LogP contribution in [0.3, 0.4) is 0 Å². The molecule has 0 unspecified atom stereocenters. The van der Waals surface area contributed by atoms with Crippen LogP contribution in [0.25, 0.3) is 0 Å². The molecule has 3 heteroatoms. The molecule has 1 aliphatic carbocycles. The van der Waals surface area contributed by atoms with Gasteiger partial charge in [0.15, 0.2) is 5.78 Å². The van der Waals surface area contributed by atoms with Crippen molar-refractivity contribution >= 4 is 5.78 Å². The molecule has 0 N–H and O–H groups in total. The molecule has 108 valence electrons. The number of rotatable bonds is 5. The van der Waals surface area contributed by atoms with E-state index in [-0.39, 0.29) is 5.78 Å². The van der Waals surface area contributed by atoms with Crippen LogP contribution in [0, 0.1) is 0 Å². The van der Waals surface area contributed by atoms with Gasteiger partial charge in [0.1, 0.15) is 11.5 Å². The zero-order chi connectivity index (χ0) is 14.7. The van der Waals surface area contributed by atoms with Gasteiger partial charge in [-0.25, -0.2) is 0 Å². The maximum atomic E-state index is 11.7. The summed E-state index contributed by atoms with van der Waals surface area (Å²) < 4.78 is 11.0. The van der Waals surface area contributed by atoms with E-state index in [1.807, 2.05) is 36.4 Å². The summed E-state index contributed by atoms with van der Waals surface area (Å²) in [5, 5.41) is 0. The van der Waals surface area contributed by atoms with Crippen LogP contribution in [-0.2, 0) is 12.8 Å². The first-order valence-electron chi connectivity index (χ1n) is 7.18. The number of ketones is 1. The summed E-state index contributed by atoms with van der Waals surface area (Å²) in [6, 6.07) is 13.8. The number of Topliss-reactive ketones (excluding diaryl/α,β-unsaturated/α-hetero) is 1. The Morgan fingerprint density at radius 3 is 2.81 bits per heavy atom. The summed E-state index contributed by atoms with van der Waals surface area (Å²) in [6.07, 6.45) is 2.29. The second kappa shape index (κ2) is 6.00. The summed E-state index contributed by atoms with van der Waals surface area (Å²) in [7, 11) is 1.66. The maximum Gasteiger partial charge on any atom is 0.163 e. The first-order chi connectivity index (χ1) is 10.3. The summed E-state index contributed by atoms with van der Waals surface area (Å²) in [4.78, 5) is 11.7. The van der Waals surface area contributed by atoms with E-state index >= 15 is 0 Å². The highest BCUT2D eigenvalue weighted by molar-refractivity contribution is 6.00. The zero-order valence-electron chi connectivity index (χ0n) is 12.1. The van der Waals surface area contributed by atoms with Crippen LogP contribution in [0.5, 0.6) is 11.5 Å². The highest BCUT2D eigenvalue weighted by Gasteiger charge is 2.19. The molecule has 1 aliphatic rings. The molecule has 0 fully saturated rings. The Labute approximate surface area is 124 Å².